The molecule has 0 amide bonds. The normalized spacial score (nSPS) is 10.8. The molecule has 2 aromatic rings. The third kappa shape index (κ3) is 2.94. The maximum Gasteiger partial charge on any atom is 0.458 e. The largest absolute Gasteiger partial charge is 0.458 e. The van der Waals surface area contributed by atoms with E-state index in [9.17, 15) is 13.2 Å². The molecular formula is C10H13F3N5O+. The Hall–Kier alpha value is -2.29. The van der Waals surface area contributed by atoms with Crippen LogP contribution in [0, 0.1) is 0 Å². The number of aromatic nitrogens is 3. The number of nitrogen functional groups attached to an aromatic ring is 2. The molecule has 104 valence electrons. The lowest BCUT2D eigenvalue weighted by atomic mass is 10.3. The van der Waals surface area contributed by atoms with Crippen molar-refractivity contribution in [1.29, 1.82) is 0 Å². The fourth-order valence-corrected chi connectivity index (χ4v) is 1.45. The topological polar surface area (TPSA) is 105 Å². The van der Waals surface area contributed by atoms with Gasteiger partial charge < -0.3 is 16.6 Å². The van der Waals surface area contributed by atoms with Crippen molar-refractivity contribution in [1.82, 2.24) is 10.1 Å². The molecule has 0 saturated carbocycles. The second kappa shape index (κ2) is 5.57. The summed E-state index contributed by atoms with van der Waals surface area (Å²) < 4.78 is 39.0. The summed E-state index contributed by atoms with van der Waals surface area (Å²) in [5, 5.41) is 9.37. The first-order valence-electron chi connectivity index (χ1n) is 5.03. The zero-order valence-electron chi connectivity index (χ0n) is 9.94. The molecule has 0 fully saturated rings. The third-order valence-corrected chi connectivity index (χ3v) is 2.14. The van der Waals surface area contributed by atoms with E-state index in [4.69, 9.17) is 16.6 Å². The van der Waals surface area contributed by atoms with Crippen molar-refractivity contribution < 1.29 is 23.0 Å². The molecule has 2 rings (SSSR count). The van der Waals surface area contributed by atoms with Crippen LogP contribution >= 0.6 is 0 Å². The number of nitrogens with two attached hydrogens (primary N) is 2. The number of nitrogens with zero attached hydrogens (tertiary/aromatic N) is 2. The van der Waals surface area contributed by atoms with Gasteiger partial charge in [0.25, 0.3) is 5.69 Å². The molecule has 6 N–H and O–H groups in total. The number of halogens is 3. The van der Waals surface area contributed by atoms with Crippen LogP contribution in [0.25, 0.3) is 5.82 Å². The van der Waals surface area contributed by atoms with Gasteiger partial charge in [-0.05, 0) is 17.1 Å². The lowest BCUT2D eigenvalue weighted by Crippen LogP contribution is -2.42. The number of rotatable bonds is 1. The standard InChI is InChI=1S/C9H8F3N5.CH4O/c10-9(11,12)7-6(14)4-16-17(7)8-5(13)2-1-3-15-8;1-2/h1-4H,13-14H2;2H,1H3/p+1. The highest BCUT2D eigenvalue weighted by Crippen LogP contribution is 2.31. The Kier molecular flexibility index (Phi) is 4.33. The van der Waals surface area contributed by atoms with E-state index < -0.39 is 17.6 Å². The minimum absolute atomic E-state index is 0.0449. The van der Waals surface area contributed by atoms with Crippen molar-refractivity contribution >= 4 is 11.4 Å². The lowest BCUT2D eigenvalue weighted by molar-refractivity contribution is -0.677. The molecule has 0 radical (unpaired) electrons. The lowest BCUT2D eigenvalue weighted by Gasteiger charge is -2.05. The fourth-order valence-electron chi connectivity index (χ4n) is 1.45. The molecule has 0 spiro atoms. The highest BCUT2D eigenvalue weighted by molar-refractivity contribution is 5.48. The number of aliphatic hydroxyl groups is 1. The number of pyridine rings is 1. The summed E-state index contributed by atoms with van der Waals surface area (Å²) in [6, 6.07) is 2.98. The number of aromatic amines is 1. The van der Waals surface area contributed by atoms with Crippen LogP contribution in [0.3, 0.4) is 0 Å². The molecule has 9 heteroatoms. The summed E-state index contributed by atoms with van der Waals surface area (Å²) in [7, 11) is 1.00. The van der Waals surface area contributed by atoms with E-state index in [1.165, 1.54) is 18.3 Å². The minimum atomic E-state index is -4.59. The van der Waals surface area contributed by atoms with Gasteiger partial charge in [-0.3, -0.25) is 0 Å². The van der Waals surface area contributed by atoms with E-state index in [1.54, 1.807) is 0 Å². The van der Waals surface area contributed by atoms with E-state index >= 15 is 0 Å². The van der Waals surface area contributed by atoms with Crippen molar-refractivity contribution in [3.05, 3.63) is 30.2 Å². The quantitative estimate of drug-likeness (QED) is 0.568. The van der Waals surface area contributed by atoms with Gasteiger partial charge in [-0.15, -0.1) is 4.68 Å². The van der Waals surface area contributed by atoms with E-state index in [0.29, 0.717) is 4.68 Å². The number of hydrogen-bond acceptors (Lipinski definition) is 4. The summed E-state index contributed by atoms with van der Waals surface area (Å²) in [5.41, 5.74) is 9.51. The highest BCUT2D eigenvalue weighted by atomic mass is 19.4. The van der Waals surface area contributed by atoms with Gasteiger partial charge in [-0.1, -0.05) is 0 Å². The Morgan fingerprint density at radius 2 is 1.89 bits per heavy atom. The zero-order chi connectivity index (χ0) is 14.6. The second-order valence-electron chi connectivity index (χ2n) is 3.33. The molecule has 0 saturated heterocycles. The van der Waals surface area contributed by atoms with Gasteiger partial charge in [0.2, 0.25) is 0 Å². The van der Waals surface area contributed by atoms with Crippen molar-refractivity contribution in [2.75, 3.05) is 18.6 Å². The van der Waals surface area contributed by atoms with Crippen LogP contribution in [-0.4, -0.2) is 22.3 Å². The van der Waals surface area contributed by atoms with Crippen molar-refractivity contribution in [3.8, 4) is 5.82 Å². The van der Waals surface area contributed by atoms with Crippen molar-refractivity contribution in [3.63, 3.8) is 0 Å². The van der Waals surface area contributed by atoms with Gasteiger partial charge >= 0.3 is 12.0 Å². The molecule has 2 aromatic heterocycles. The van der Waals surface area contributed by atoms with Crippen molar-refractivity contribution in [2.24, 2.45) is 0 Å². The predicted octanol–water partition coefficient (Wildman–Crippen LogP) is 0.478. The zero-order valence-corrected chi connectivity index (χ0v) is 9.94. The first kappa shape index (κ1) is 14.8. The van der Waals surface area contributed by atoms with Crippen LogP contribution in [0.5, 0.6) is 0 Å². The van der Waals surface area contributed by atoms with Gasteiger partial charge in [0.05, 0.1) is 6.20 Å². The smallest absolute Gasteiger partial charge is 0.400 e. The Labute approximate surface area is 106 Å². The van der Waals surface area contributed by atoms with E-state index in [0.717, 1.165) is 13.3 Å². The number of alkyl halides is 3. The molecule has 2 heterocycles. The highest BCUT2D eigenvalue weighted by Gasteiger charge is 2.43. The van der Waals surface area contributed by atoms with Crippen LogP contribution in [0.4, 0.5) is 24.5 Å². The van der Waals surface area contributed by atoms with Crippen LogP contribution in [0.2, 0.25) is 0 Å². The Morgan fingerprint density at radius 1 is 1.26 bits per heavy atom. The summed E-state index contributed by atoms with van der Waals surface area (Å²) in [4.78, 5) is 3.79. The van der Waals surface area contributed by atoms with Gasteiger partial charge in [0, 0.05) is 7.11 Å². The van der Waals surface area contributed by atoms with Crippen LogP contribution in [0.1, 0.15) is 5.69 Å². The molecule has 0 aromatic carbocycles. The minimum Gasteiger partial charge on any atom is -0.400 e. The average Bonchev–Trinajstić information content (AvgIpc) is 2.74. The maximum atomic E-state index is 12.8. The monoisotopic (exact) mass is 276 g/mol. The number of H-pyrrole nitrogens is 1. The van der Waals surface area contributed by atoms with Gasteiger partial charge in [0.15, 0.2) is 0 Å². The number of nitrogens with one attached hydrogen (secondary N) is 1. The first-order valence-corrected chi connectivity index (χ1v) is 5.03. The molecular weight excluding hydrogens is 263 g/mol. The first-order chi connectivity index (χ1) is 8.91. The Bertz CT molecular complexity index is 552. The molecule has 0 atom stereocenters. The SMILES string of the molecule is CO.Nc1cccnc1-[n+]1[nH]cc(N)c1C(F)(F)F. The number of hydrogen-bond donors (Lipinski definition) is 4. The van der Waals surface area contributed by atoms with Crippen LogP contribution in [0.15, 0.2) is 24.5 Å². The Morgan fingerprint density at radius 3 is 2.42 bits per heavy atom. The summed E-state index contributed by atoms with van der Waals surface area (Å²) in [6.45, 7) is 0. The predicted molar refractivity (Wildman–Crippen MR) is 62.1 cm³/mol. The fraction of sp³-hybridized carbons (Fsp3) is 0.200. The van der Waals surface area contributed by atoms with Crippen LogP contribution < -0.4 is 16.1 Å². The number of aliphatic hydroxyl groups excluding tert-OH is 1. The summed E-state index contributed by atoms with van der Waals surface area (Å²) >= 11 is 0. The Balaban J connectivity index is 0.000000861. The second-order valence-corrected chi connectivity index (χ2v) is 3.33. The summed E-state index contributed by atoms with van der Waals surface area (Å²) in [5.74, 6) is -0.0449. The van der Waals surface area contributed by atoms with Gasteiger partial charge in [-0.2, -0.15) is 13.2 Å². The van der Waals surface area contributed by atoms with Gasteiger partial charge in [-0.25, -0.2) is 5.10 Å². The van der Waals surface area contributed by atoms with E-state index in [1.807, 2.05) is 0 Å². The maximum absolute atomic E-state index is 12.8. The molecule has 0 unspecified atom stereocenters. The van der Waals surface area contributed by atoms with Crippen LogP contribution in [-0.2, 0) is 6.18 Å². The van der Waals surface area contributed by atoms with Crippen molar-refractivity contribution in [2.45, 2.75) is 6.18 Å². The molecule has 6 nitrogen and oxygen atoms in total. The van der Waals surface area contributed by atoms with E-state index in [-0.39, 0.29) is 11.5 Å². The molecule has 0 aliphatic rings. The van der Waals surface area contributed by atoms with E-state index in [2.05, 4.69) is 10.1 Å². The number of anilines is 2. The third-order valence-electron chi connectivity index (χ3n) is 2.14. The van der Waals surface area contributed by atoms with Gasteiger partial charge in [0.1, 0.15) is 17.6 Å². The molecule has 0 aliphatic heterocycles. The average molecular weight is 276 g/mol. The molecule has 0 aliphatic carbocycles. The molecule has 19 heavy (non-hydrogen) atoms. The molecule has 0 bridgehead atoms. The summed E-state index contributed by atoms with van der Waals surface area (Å²) in [6.07, 6.45) is -2.21.